The highest BCUT2D eigenvalue weighted by Gasteiger charge is 2.21. The molecule has 3 aromatic heterocycles. The fraction of sp³-hybridized carbons (Fsp3) is 0.200. The second-order valence-electron chi connectivity index (χ2n) is 7.97. The molecule has 8 heteroatoms. The van der Waals surface area contributed by atoms with Crippen LogP contribution in [-0.4, -0.2) is 25.7 Å². The molecule has 1 amide bonds. The summed E-state index contributed by atoms with van der Waals surface area (Å²) in [4.78, 5) is 13.4. The van der Waals surface area contributed by atoms with Crippen LogP contribution in [0.3, 0.4) is 0 Å². The van der Waals surface area contributed by atoms with Crippen molar-refractivity contribution in [1.29, 1.82) is 0 Å². The minimum absolute atomic E-state index is 0.254. The SMILES string of the molecule is Cc1noc(C)c1COc1cc2ccccc2cc1C(=O)NC(C)c1nnc2ccccn12. The van der Waals surface area contributed by atoms with E-state index in [0.717, 1.165) is 27.7 Å². The minimum Gasteiger partial charge on any atom is -0.488 e. The van der Waals surface area contributed by atoms with Gasteiger partial charge in [0, 0.05) is 6.20 Å². The first kappa shape index (κ1) is 20.7. The van der Waals surface area contributed by atoms with Crippen LogP contribution in [-0.2, 0) is 6.61 Å². The average molecular weight is 441 g/mol. The number of ether oxygens (including phenoxy) is 1. The van der Waals surface area contributed by atoms with E-state index in [0.29, 0.717) is 22.9 Å². The van der Waals surface area contributed by atoms with Crippen molar-refractivity contribution < 1.29 is 14.1 Å². The van der Waals surface area contributed by atoms with Crippen LogP contribution in [0.4, 0.5) is 0 Å². The second kappa shape index (κ2) is 8.38. The molecular weight excluding hydrogens is 418 g/mol. The van der Waals surface area contributed by atoms with Crippen molar-refractivity contribution in [2.24, 2.45) is 0 Å². The molecule has 0 radical (unpaired) electrons. The number of carbonyl (C=O) groups excluding carboxylic acids is 1. The van der Waals surface area contributed by atoms with Crippen molar-refractivity contribution in [2.75, 3.05) is 0 Å². The van der Waals surface area contributed by atoms with Crippen LogP contribution in [0.5, 0.6) is 5.75 Å². The van der Waals surface area contributed by atoms with Crippen LogP contribution < -0.4 is 10.1 Å². The van der Waals surface area contributed by atoms with E-state index in [1.807, 2.05) is 86.0 Å². The molecule has 3 heterocycles. The topological polar surface area (TPSA) is 94.5 Å². The fourth-order valence-corrected chi connectivity index (χ4v) is 3.87. The molecule has 0 saturated carbocycles. The molecule has 0 aliphatic carbocycles. The summed E-state index contributed by atoms with van der Waals surface area (Å²) in [5.41, 5.74) is 2.81. The number of nitrogens with one attached hydrogen (secondary N) is 1. The van der Waals surface area contributed by atoms with Gasteiger partial charge in [0.1, 0.15) is 18.1 Å². The number of fused-ring (bicyclic) bond motifs is 2. The first-order valence-electron chi connectivity index (χ1n) is 10.7. The van der Waals surface area contributed by atoms with Crippen molar-refractivity contribution in [3.63, 3.8) is 0 Å². The molecule has 0 aliphatic rings. The normalized spacial score (nSPS) is 12.2. The molecule has 2 aromatic carbocycles. The molecular formula is C25H23N5O3. The number of carbonyl (C=O) groups is 1. The monoisotopic (exact) mass is 441 g/mol. The van der Waals surface area contributed by atoms with Gasteiger partial charge >= 0.3 is 0 Å². The Kier molecular flexibility index (Phi) is 5.26. The Morgan fingerprint density at radius 2 is 1.85 bits per heavy atom. The molecule has 0 aliphatic heterocycles. The number of aryl methyl sites for hydroxylation is 2. The molecule has 1 unspecified atom stereocenters. The van der Waals surface area contributed by atoms with E-state index >= 15 is 0 Å². The number of pyridine rings is 1. The summed E-state index contributed by atoms with van der Waals surface area (Å²) >= 11 is 0. The lowest BCUT2D eigenvalue weighted by Crippen LogP contribution is -2.28. The number of aromatic nitrogens is 4. The third-order valence-electron chi connectivity index (χ3n) is 5.72. The van der Waals surface area contributed by atoms with Gasteiger partial charge in [0.05, 0.1) is 22.9 Å². The number of hydrogen-bond acceptors (Lipinski definition) is 6. The zero-order valence-corrected chi connectivity index (χ0v) is 18.6. The average Bonchev–Trinajstić information content (AvgIpc) is 3.40. The Balaban J connectivity index is 1.46. The van der Waals surface area contributed by atoms with E-state index in [9.17, 15) is 4.79 Å². The highest BCUT2D eigenvalue weighted by molar-refractivity contribution is 6.01. The van der Waals surface area contributed by atoms with Gasteiger partial charge in [-0.2, -0.15) is 0 Å². The van der Waals surface area contributed by atoms with Gasteiger partial charge in [-0.05, 0) is 55.8 Å². The van der Waals surface area contributed by atoms with E-state index in [-0.39, 0.29) is 18.6 Å². The maximum atomic E-state index is 13.4. The Morgan fingerprint density at radius 1 is 1.09 bits per heavy atom. The number of rotatable bonds is 6. The van der Waals surface area contributed by atoms with Crippen molar-refractivity contribution in [3.05, 3.63) is 89.2 Å². The zero-order chi connectivity index (χ0) is 22.9. The molecule has 8 nitrogen and oxygen atoms in total. The summed E-state index contributed by atoms with van der Waals surface area (Å²) in [5, 5.41) is 17.4. The third kappa shape index (κ3) is 3.91. The van der Waals surface area contributed by atoms with Gasteiger partial charge in [0.2, 0.25) is 0 Å². The van der Waals surface area contributed by atoms with Crippen LogP contribution in [0, 0.1) is 13.8 Å². The van der Waals surface area contributed by atoms with Crippen LogP contribution in [0.15, 0.2) is 65.3 Å². The van der Waals surface area contributed by atoms with E-state index in [1.54, 1.807) is 0 Å². The summed E-state index contributed by atoms with van der Waals surface area (Å²) in [6.45, 7) is 5.85. The number of benzene rings is 2. The largest absolute Gasteiger partial charge is 0.488 e. The van der Waals surface area contributed by atoms with Gasteiger partial charge in [-0.1, -0.05) is 35.5 Å². The van der Waals surface area contributed by atoms with Gasteiger partial charge in [0.15, 0.2) is 11.5 Å². The van der Waals surface area contributed by atoms with Crippen molar-refractivity contribution in [2.45, 2.75) is 33.4 Å². The molecule has 1 N–H and O–H groups in total. The quantitative estimate of drug-likeness (QED) is 0.415. The van der Waals surface area contributed by atoms with Gasteiger partial charge in [-0.25, -0.2) is 0 Å². The maximum absolute atomic E-state index is 13.4. The van der Waals surface area contributed by atoms with Gasteiger partial charge in [-0.15, -0.1) is 10.2 Å². The highest BCUT2D eigenvalue weighted by atomic mass is 16.5. The van der Waals surface area contributed by atoms with Gasteiger partial charge in [0.25, 0.3) is 5.91 Å². The second-order valence-corrected chi connectivity index (χ2v) is 7.97. The molecule has 0 saturated heterocycles. The smallest absolute Gasteiger partial charge is 0.255 e. The Labute approximate surface area is 190 Å². The van der Waals surface area contributed by atoms with Crippen LogP contribution in [0.2, 0.25) is 0 Å². The molecule has 1 atom stereocenters. The van der Waals surface area contributed by atoms with E-state index in [4.69, 9.17) is 9.26 Å². The standard InChI is InChI=1S/C25H23N5O3/c1-15-21(17(3)33-29-15)14-32-22-13-19-9-5-4-8-18(19)12-20(22)25(31)26-16(2)24-28-27-23-10-6-7-11-30(23)24/h4-13,16H,14H2,1-3H3,(H,26,31). The molecule has 5 rings (SSSR count). The lowest BCUT2D eigenvalue weighted by atomic mass is 10.0. The predicted molar refractivity (Wildman–Crippen MR) is 123 cm³/mol. The van der Waals surface area contributed by atoms with Gasteiger partial charge < -0.3 is 14.6 Å². The number of hydrogen-bond donors (Lipinski definition) is 1. The first-order chi connectivity index (χ1) is 16.0. The molecule has 166 valence electrons. The molecule has 5 aromatic rings. The lowest BCUT2D eigenvalue weighted by molar-refractivity contribution is 0.0933. The summed E-state index contributed by atoms with van der Waals surface area (Å²) in [6, 6.07) is 16.9. The molecule has 0 spiro atoms. The molecule has 0 bridgehead atoms. The number of nitrogens with zero attached hydrogens (tertiary/aromatic N) is 4. The third-order valence-corrected chi connectivity index (χ3v) is 5.72. The van der Waals surface area contributed by atoms with Crippen LogP contribution in [0.25, 0.3) is 16.4 Å². The van der Waals surface area contributed by atoms with Crippen LogP contribution >= 0.6 is 0 Å². The Morgan fingerprint density at radius 3 is 2.61 bits per heavy atom. The lowest BCUT2D eigenvalue weighted by Gasteiger charge is -2.16. The fourth-order valence-electron chi connectivity index (χ4n) is 3.87. The minimum atomic E-state index is -0.364. The maximum Gasteiger partial charge on any atom is 0.255 e. The predicted octanol–water partition coefficient (Wildman–Crippen LogP) is 4.56. The van der Waals surface area contributed by atoms with Crippen molar-refractivity contribution >= 4 is 22.3 Å². The summed E-state index contributed by atoms with van der Waals surface area (Å²) in [6.07, 6.45) is 1.88. The Hall–Kier alpha value is -4.20. The van der Waals surface area contributed by atoms with E-state index in [1.165, 1.54) is 0 Å². The van der Waals surface area contributed by atoms with Crippen molar-refractivity contribution in [1.82, 2.24) is 25.1 Å². The molecule has 33 heavy (non-hydrogen) atoms. The highest BCUT2D eigenvalue weighted by Crippen LogP contribution is 2.28. The van der Waals surface area contributed by atoms with Gasteiger partial charge in [-0.3, -0.25) is 9.20 Å². The summed E-state index contributed by atoms with van der Waals surface area (Å²) in [7, 11) is 0. The summed E-state index contributed by atoms with van der Waals surface area (Å²) in [5.74, 6) is 1.59. The van der Waals surface area contributed by atoms with Crippen molar-refractivity contribution in [3.8, 4) is 5.75 Å². The van der Waals surface area contributed by atoms with Crippen LogP contribution in [0.1, 0.15) is 46.2 Å². The first-order valence-corrected chi connectivity index (χ1v) is 10.7. The van der Waals surface area contributed by atoms with E-state index in [2.05, 4.69) is 20.7 Å². The Bertz CT molecular complexity index is 1450. The summed E-state index contributed by atoms with van der Waals surface area (Å²) < 4.78 is 13.2. The van der Waals surface area contributed by atoms with E-state index < -0.39 is 0 Å². The number of amides is 1. The molecule has 0 fully saturated rings. The zero-order valence-electron chi connectivity index (χ0n) is 18.6.